The maximum Gasteiger partial charge on any atom is 0.222 e. The van der Waals surface area contributed by atoms with Crippen LogP contribution in [-0.2, 0) is 0 Å². The predicted molar refractivity (Wildman–Crippen MR) is 113 cm³/mol. The van der Waals surface area contributed by atoms with Crippen LogP contribution in [0.15, 0.2) is 28.7 Å². The average Bonchev–Trinajstić information content (AvgIpc) is 3.38. The second-order valence-electron chi connectivity index (χ2n) is 7.63. The number of likely N-dealkylation sites (N-methyl/N-ethyl adjacent to an activating group) is 1. The molecule has 0 amide bonds. The molecule has 1 saturated carbocycles. The van der Waals surface area contributed by atoms with Crippen molar-refractivity contribution in [3.63, 3.8) is 0 Å². The van der Waals surface area contributed by atoms with Crippen LogP contribution in [0.1, 0.15) is 12.8 Å². The number of piperazine rings is 1. The Morgan fingerprint density at radius 1 is 1.14 bits per heavy atom. The third-order valence-electron chi connectivity index (χ3n) is 5.38. The molecule has 1 saturated heterocycles. The number of nitrogen functional groups attached to an aromatic ring is 1. The van der Waals surface area contributed by atoms with Crippen molar-refractivity contribution in [2.24, 2.45) is 0 Å². The lowest BCUT2D eigenvalue weighted by molar-refractivity contribution is 0.313. The lowest BCUT2D eigenvalue weighted by atomic mass is 10.1. The van der Waals surface area contributed by atoms with Crippen LogP contribution in [0.3, 0.4) is 0 Å². The molecule has 0 bridgehead atoms. The first-order valence-corrected chi connectivity index (χ1v) is 10.0. The summed E-state index contributed by atoms with van der Waals surface area (Å²) in [4.78, 5) is 13.3. The first-order valence-electron chi connectivity index (χ1n) is 9.64. The molecule has 2 aliphatic rings. The Labute approximate surface area is 168 Å². The Balaban J connectivity index is 1.47. The molecule has 3 heterocycles. The number of aromatic nitrogens is 2. The zero-order chi connectivity index (χ0) is 19.3. The van der Waals surface area contributed by atoms with Gasteiger partial charge in [-0.2, -0.15) is 4.98 Å². The van der Waals surface area contributed by atoms with Gasteiger partial charge in [-0.15, -0.1) is 0 Å². The van der Waals surface area contributed by atoms with Crippen LogP contribution in [0.2, 0.25) is 5.02 Å². The molecule has 1 aromatic carbocycles. The number of benzene rings is 1. The molecule has 1 aliphatic carbocycles. The Bertz CT molecular complexity index is 1020. The summed E-state index contributed by atoms with van der Waals surface area (Å²) in [5.74, 6) is 1.61. The zero-order valence-electron chi connectivity index (χ0n) is 15.8. The highest BCUT2D eigenvalue weighted by molar-refractivity contribution is 6.33. The predicted octanol–water partition coefficient (Wildman–Crippen LogP) is 3.45. The van der Waals surface area contributed by atoms with Crippen LogP contribution in [0, 0.1) is 0 Å². The molecule has 0 spiro atoms. The van der Waals surface area contributed by atoms with Crippen molar-refractivity contribution < 1.29 is 4.42 Å². The summed E-state index contributed by atoms with van der Waals surface area (Å²) >= 11 is 6.62. The summed E-state index contributed by atoms with van der Waals surface area (Å²) in [5.41, 5.74) is 9.18. The quantitative estimate of drug-likeness (QED) is 0.696. The van der Waals surface area contributed by atoms with Gasteiger partial charge in [-0.1, -0.05) is 11.6 Å². The van der Waals surface area contributed by atoms with Crippen LogP contribution in [-0.4, -0.2) is 54.1 Å². The Hall–Kier alpha value is -2.51. The lowest BCUT2D eigenvalue weighted by Crippen LogP contribution is -2.44. The van der Waals surface area contributed by atoms with E-state index < -0.39 is 0 Å². The van der Waals surface area contributed by atoms with E-state index in [2.05, 4.69) is 38.2 Å². The number of rotatable bonds is 4. The van der Waals surface area contributed by atoms with Crippen LogP contribution >= 0.6 is 11.6 Å². The van der Waals surface area contributed by atoms with Crippen molar-refractivity contribution in [1.29, 1.82) is 0 Å². The highest BCUT2D eigenvalue weighted by Gasteiger charge is 2.24. The Morgan fingerprint density at radius 3 is 2.64 bits per heavy atom. The van der Waals surface area contributed by atoms with Gasteiger partial charge >= 0.3 is 0 Å². The van der Waals surface area contributed by atoms with Gasteiger partial charge in [0.25, 0.3) is 0 Å². The second-order valence-corrected chi connectivity index (χ2v) is 8.04. The van der Waals surface area contributed by atoms with Crippen molar-refractivity contribution in [1.82, 2.24) is 14.9 Å². The molecule has 2 fully saturated rings. The molecule has 1 aliphatic heterocycles. The van der Waals surface area contributed by atoms with Crippen molar-refractivity contribution in [3.05, 3.63) is 29.3 Å². The summed E-state index contributed by atoms with van der Waals surface area (Å²) in [6.07, 6.45) is 2.28. The number of halogens is 1. The summed E-state index contributed by atoms with van der Waals surface area (Å²) in [6, 6.07) is 8.41. The second kappa shape index (κ2) is 6.83. The van der Waals surface area contributed by atoms with Crippen LogP contribution in [0.25, 0.3) is 22.4 Å². The number of nitrogens with one attached hydrogen (secondary N) is 1. The Morgan fingerprint density at radius 2 is 1.93 bits per heavy atom. The molecule has 3 aromatic rings. The number of nitrogens with two attached hydrogens (primary N) is 1. The number of nitrogens with zero attached hydrogens (tertiary/aromatic N) is 4. The first-order chi connectivity index (χ1) is 13.6. The zero-order valence-corrected chi connectivity index (χ0v) is 16.5. The van der Waals surface area contributed by atoms with E-state index in [0.717, 1.165) is 55.3 Å². The summed E-state index contributed by atoms with van der Waals surface area (Å²) in [6.45, 7) is 4.04. The minimum Gasteiger partial charge on any atom is -0.450 e. The molecule has 7 nitrogen and oxygen atoms in total. The molecular weight excluding hydrogens is 376 g/mol. The van der Waals surface area contributed by atoms with Crippen LogP contribution in [0.4, 0.5) is 17.5 Å². The van der Waals surface area contributed by atoms with E-state index in [-0.39, 0.29) is 5.95 Å². The van der Waals surface area contributed by atoms with Gasteiger partial charge in [0.1, 0.15) is 11.3 Å². The number of fused-ring (bicyclic) bond motifs is 1. The summed E-state index contributed by atoms with van der Waals surface area (Å²) in [5, 5.41) is 4.10. The fraction of sp³-hybridized carbons (Fsp3) is 0.400. The maximum atomic E-state index is 6.62. The van der Waals surface area contributed by atoms with E-state index in [0.29, 0.717) is 28.7 Å². The van der Waals surface area contributed by atoms with Crippen LogP contribution < -0.4 is 16.0 Å². The molecule has 5 rings (SSSR count). The van der Waals surface area contributed by atoms with Gasteiger partial charge in [0.15, 0.2) is 11.4 Å². The Kier molecular flexibility index (Phi) is 4.29. The summed E-state index contributed by atoms with van der Waals surface area (Å²) < 4.78 is 6.10. The van der Waals surface area contributed by atoms with E-state index >= 15 is 0 Å². The molecule has 0 unspecified atom stereocenters. The molecule has 0 radical (unpaired) electrons. The maximum absolute atomic E-state index is 6.62. The molecule has 0 atom stereocenters. The van der Waals surface area contributed by atoms with Gasteiger partial charge in [-0.3, -0.25) is 0 Å². The lowest BCUT2D eigenvalue weighted by Gasteiger charge is -2.34. The number of hydrogen-bond acceptors (Lipinski definition) is 7. The van der Waals surface area contributed by atoms with Crippen molar-refractivity contribution in [3.8, 4) is 11.3 Å². The molecular formula is C20H23ClN6O. The number of hydrogen-bond donors (Lipinski definition) is 2. The van der Waals surface area contributed by atoms with E-state index in [1.165, 1.54) is 0 Å². The third-order valence-corrected chi connectivity index (χ3v) is 5.69. The fourth-order valence-corrected chi connectivity index (χ4v) is 3.87. The molecule has 8 heteroatoms. The molecule has 3 N–H and O–H groups in total. The monoisotopic (exact) mass is 398 g/mol. The topological polar surface area (TPSA) is 83.5 Å². The molecule has 28 heavy (non-hydrogen) atoms. The van der Waals surface area contributed by atoms with E-state index in [4.69, 9.17) is 21.8 Å². The summed E-state index contributed by atoms with van der Waals surface area (Å²) in [7, 11) is 2.14. The van der Waals surface area contributed by atoms with Gasteiger partial charge in [0.05, 0.1) is 10.7 Å². The van der Waals surface area contributed by atoms with Gasteiger partial charge in [0.2, 0.25) is 5.95 Å². The van der Waals surface area contributed by atoms with Crippen molar-refractivity contribution in [2.75, 3.05) is 49.2 Å². The highest BCUT2D eigenvalue weighted by atomic mass is 35.5. The number of furan rings is 1. The molecule has 2 aromatic heterocycles. The SMILES string of the molecule is CN1CCN(c2ccc(-c3cc4nc(N)nc(NC5CC5)c4o3)cc2Cl)CC1. The standard InChI is InChI=1S/C20H23ClN6O/c1-26-6-8-27(9-7-26)16-5-2-12(10-14(16)21)17-11-15-18(28-17)19(23-13-3-4-13)25-20(22)24-15/h2,5,10-11,13H,3-4,6-9H2,1H3,(H3,22,23,24,25). The van der Waals surface area contributed by atoms with Crippen molar-refractivity contribution in [2.45, 2.75) is 18.9 Å². The minimum absolute atomic E-state index is 0.242. The van der Waals surface area contributed by atoms with Crippen LogP contribution in [0.5, 0.6) is 0 Å². The first kappa shape index (κ1) is 17.6. The molecule has 146 valence electrons. The van der Waals surface area contributed by atoms with Gasteiger partial charge in [-0.05, 0) is 38.1 Å². The van der Waals surface area contributed by atoms with Crippen molar-refractivity contribution >= 4 is 40.2 Å². The minimum atomic E-state index is 0.242. The fourth-order valence-electron chi connectivity index (χ4n) is 3.57. The van der Waals surface area contributed by atoms with E-state index in [1.54, 1.807) is 0 Å². The normalized spacial score (nSPS) is 18.0. The van der Waals surface area contributed by atoms with Gasteiger partial charge in [0, 0.05) is 43.9 Å². The van der Waals surface area contributed by atoms with Gasteiger partial charge in [-0.25, -0.2) is 4.98 Å². The van der Waals surface area contributed by atoms with E-state index in [1.807, 2.05) is 18.2 Å². The highest BCUT2D eigenvalue weighted by Crippen LogP contribution is 2.36. The third kappa shape index (κ3) is 3.36. The van der Waals surface area contributed by atoms with Gasteiger partial charge < -0.3 is 25.3 Å². The smallest absolute Gasteiger partial charge is 0.222 e. The van der Waals surface area contributed by atoms with E-state index in [9.17, 15) is 0 Å². The average molecular weight is 399 g/mol. The number of anilines is 3. The largest absolute Gasteiger partial charge is 0.450 e.